The van der Waals surface area contributed by atoms with E-state index in [-0.39, 0.29) is 0 Å². The summed E-state index contributed by atoms with van der Waals surface area (Å²) >= 11 is 1.70. The Morgan fingerprint density at radius 1 is 1.12 bits per heavy atom. The molecular formula is C14H15NOS. The Labute approximate surface area is 106 Å². The zero-order valence-corrected chi connectivity index (χ0v) is 10.8. The second-order valence-corrected chi connectivity index (χ2v) is 4.56. The van der Waals surface area contributed by atoms with Gasteiger partial charge in [0.1, 0.15) is 6.61 Å². The predicted molar refractivity (Wildman–Crippen MR) is 71.5 cm³/mol. The smallest absolute Gasteiger partial charge is 0.213 e. The van der Waals surface area contributed by atoms with Crippen LogP contribution < -0.4 is 4.74 Å². The molecule has 0 aliphatic rings. The van der Waals surface area contributed by atoms with Crippen LogP contribution in [0.4, 0.5) is 0 Å². The van der Waals surface area contributed by atoms with E-state index in [1.54, 1.807) is 11.8 Å². The molecule has 0 amide bonds. The molecule has 0 unspecified atom stereocenters. The van der Waals surface area contributed by atoms with Crippen LogP contribution in [0.5, 0.6) is 5.88 Å². The van der Waals surface area contributed by atoms with Gasteiger partial charge in [-0.2, -0.15) is 0 Å². The van der Waals surface area contributed by atoms with Crippen molar-refractivity contribution in [3.8, 4) is 5.88 Å². The molecule has 2 nitrogen and oxygen atoms in total. The van der Waals surface area contributed by atoms with Crippen LogP contribution in [0.2, 0.25) is 0 Å². The van der Waals surface area contributed by atoms with Crippen LogP contribution in [0, 0.1) is 6.92 Å². The highest BCUT2D eigenvalue weighted by Crippen LogP contribution is 2.21. The van der Waals surface area contributed by atoms with Gasteiger partial charge in [-0.05, 0) is 24.8 Å². The number of aromatic nitrogens is 1. The second-order valence-electron chi connectivity index (χ2n) is 3.71. The Bertz CT molecular complexity index is 485. The summed E-state index contributed by atoms with van der Waals surface area (Å²) in [6.07, 6.45) is 2.05. The van der Waals surface area contributed by atoms with Crippen LogP contribution in [-0.2, 0) is 6.61 Å². The fraction of sp³-hybridized carbons (Fsp3) is 0.214. The first-order chi connectivity index (χ1) is 8.29. The Morgan fingerprint density at radius 3 is 2.53 bits per heavy atom. The number of hydrogen-bond acceptors (Lipinski definition) is 3. The number of pyridine rings is 1. The van der Waals surface area contributed by atoms with Gasteiger partial charge in [-0.25, -0.2) is 4.98 Å². The normalized spacial score (nSPS) is 10.2. The number of aryl methyl sites for hydroxylation is 1. The van der Waals surface area contributed by atoms with Crippen LogP contribution in [0.15, 0.2) is 47.4 Å². The molecule has 0 aliphatic carbocycles. The molecule has 3 heteroatoms. The van der Waals surface area contributed by atoms with Crippen molar-refractivity contribution in [3.05, 3.63) is 53.7 Å². The molecule has 2 aromatic rings. The quantitative estimate of drug-likeness (QED) is 0.767. The number of ether oxygens (including phenoxy) is 1. The Hall–Kier alpha value is -1.48. The van der Waals surface area contributed by atoms with Gasteiger partial charge in [0.15, 0.2) is 0 Å². The Morgan fingerprint density at radius 2 is 1.88 bits per heavy atom. The van der Waals surface area contributed by atoms with E-state index in [0.29, 0.717) is 12.5 Å². The highest BCUT2D eigenvalue weighted by atomic mass is 32.2. The third-order valence-corrected chi connectivity index (χ3v) is 3.33. The van der Waals surface area contributed by atoms with Gasteiger partial charge in [-0.15, -0.1) is 11.8 Å². The summed E-state index contributed by atoms with van der Waals surface area (Å²) in [6.45, 7) is 2.56. The molecule has 88 valence electrons. The molecule has 0 saturated heterocycles. The first kappa shape index (κ1) is 12.0. The summed E-state index contributed by atoms with van der Waals surface area (Å²) in [5.74, 6) is 0.684. The number of benzene rings is 1. The summed E-state index contributed by atoms with van der Waals surface area (Å²) in [5.41, 5.74) is 2.17. The SMILES string of the molecule is CSc1ccc(OCc2ccccc2)nc1C. The van der Waals surface area contributed by atoms with Crippen molar-refractivity contribution >= 4 is 11.8 Å². The lowest BCUT2D eigenvalue weighted by Crippen LogP contribution is -1.98. The third kappa shape index (κ3) is 3.24. The highest BCUT2D eigenvalue weighted by molar-refractivity contribution is 7.98. The van der Waals surface area contributed by atoms with E-state index >= 15 is 0 Å². The van der Waals surface area contributed by atoms with E-state index < -0.39 is 0 Å². The molecule has 0 bridgehead atoms. The second kappa shape index (κ2) is 5.73. The van der Waals surface area contributed by atoms with Crippen molar-refractivity contribution in [1.82, 2.24) is 4.98 Å². The predicted octanol–water partition coefficient (Wildman–Crippen LogP) is 3.69. The maximum atomic E-state index is 5.65. The molecule has 0 spiro atoms. The molecule has 1 heterocycles. The van der Waals surface area contributed by atoms with Crippen LogP contribution >= 0.6 is 11.8 Å². The van der Waals surface area contributed by atoms with Gasteiger partial charge in [0.25, 0.3) is 0 Å². The molecule has 0 aliphatic heterocycles. The number of thioether (sulfide) groups is 1. The monoisotopic (exact) mass is 245 g/mol. The number of nitrogens with zero attached hydrogens (tertiary/aromatic N) is 1. The van der Waals surface area contributed by atoms with Gasteiger partial charge in [0.2, 0.25) is 5.88 Å². The molecular weight excluding hydrogens is 230 g/mol. The van der Waals surface area contributed by atoms with Crippen LogP contribution in [-0.4, -0.2) is 11.2 Å². The zero-order chi connectivity index (χ0) is 12.1. The van der Waals surface area contributed by atoms with E-state index in [1.165, 1.54) is 4.90 Å². The summed E-state index contributed by atoms with van der Waals surface area (Å²) in [7, 11) is 0. The summed E-state index contributed by atoms with van der Waals surface area (Å²) < 4.78 is 5.65. The number of rotatable bonds is 4. The van der Waals surface area contributed by atoms with E-state index in [9.17, 15) is 0 Å². The van der Waals surface area contributed by atoms with Crippen molar-refractivity contribution in [2.24, 2.45) is 0 Å². The fourth-order valence-corrected chi connectivity index (χ4v) is 2.10. The largest absolute Gasteiger partial charge is 0.473 e. The molecule has 1 aromatic heterocycles. The maximum Gasteiger partial charge on any atom is 0.213 e. The summed E-state index contributed by atoms with van der Waals surface area (Å²) in [6, 6.07) is 14.1. The average Bonchev–Trinajstić information content (AvgIpc) is 2.38. The summed E-state index contributed by atoms with van der Waals surface area (Å²) in [4.78, 5) is 5.61. The summed E-state index contributed by atoms with van der Waals surface area (Å²) in [5, 5.41) is 0. The average molecular weight is 245 g/mol. The minimum Gasteiger partial charge on any atom is -0.473 e. The van der Waals surface area contributed by atoms with Crippen molar-refractivity contribution in [2.75, 3.05) is 6.26 Å². The van der Waals surface area contributed by atoms with Crippen LogP contribution in [0.3, 0.4) is 0 Å². The van der Waals surface area contributed by atoms with Crippen molar-refractivity contribution in [3.63, 3.8) is 0 Å². The topological polar surface area (TPSA) is 22.1 Å². The lowest BCUT2D eigenvalue weighted by Gasteiger charge is -2.07. The van der Waals surface area contributed by atoms with E-state index in [4.69, 9.17) is 4.74 Å². The van der Waals surface area contributed by atoms with Crippen molar-refractivity contribution < 1.29 is 4.74 Å². The molecule has 1 aromatic carbocycles. The molecule has 0 fully saturated rings. The maximum absolute atomic E-state index is 5.65. The van der Waals surface area contributed by atoms with Gasteiger partial charge in [0, 0.05) is 11.0 Å². The van der Waals surface area contributed by atoms with Crippen molar-refractivity contribution in [1.29, 1.82) is 0 Å². The lowest BCUT2D eigenvalue weighted by molar-refractivity contribution is 0.293. The first-order valence-corrected chi connectivity index (χ1v) is 6.70. The van der Waals surface area contributed by atoms with E-state index in [0.717, 1.165) is 11.3 Å². The Kier molecular flexibility index (Phi) is 4.04. The fourth-order valence-electron chi connectivity index (χ4n) is 1.55. The molecule has 0 N–H and O–H groups in total. The highest BCUT2D eigenvalue weighted by Gasteiger charge is 2.01. The van der Waals surface area contributed by atoms with Crippen molar-refractivity contribution in [2.45, 2.75) is 18.4 Å². The first-order valence-electron chi connectivity index (χ1n) is 5.48. The van der Waals surface area contributed by atoms with E-state index in [1.807, 2.05) is 49.4 Å². The third-order valence-electron chi connectivity index (χ3n) is 2.46. The zero-order valence-electron chi connectivity index (χ0n) is 10.0. The standard InChI is InChI=1S/C14H15NOS/c1-11-13(17-2)8-9-14(15-11)16-10-12-6-4-3-5-7-12/h3-9H,10H2,1-2H3. The van der Waals surface area contributed by atoms with Gasteiger partial charge < -0.3 is 4.74 Å². The molecule has 17 heavy (non-hydrogen) atoms. The van der Waals surface area contributed by atoms with Gasteiger partial charge >= 0.3 is 0 Å². The van der Waals surface area contributed by atoms with Gasteiger partial charge in [-0.3, -0.25) is 0 Å². The molecule has 0 atom stereocenters. The van der Waals surface area contributed by atoms with Gasteiger partial charge in [-0.1, -0.05) is 30.3 Å². The minimum absolute atomic E-state index is 0.561. The van der Waals surface area contributed by atoms with Gasteiger partial charge in [0.05, 0.1) is 5.69 Å². The van der Waals surface area contributed by atoms with E-state index in [2.05, 4.69) is 11.2 Å². The lowest BCUT2D eigenvalue weighted by atomic mass is 10.2. The molecule has 2 rings (SSSR count). The number of hydrogen-bond donors (Lipinski definition) is 0. The molecule has 0 radical (unpaired) electrons. The Balaban J connectivity index is 2.02. The minimum atomic E-state index is 0.561. The van der Waals surface area contributed by atoms with Crippen LogP contribution in [0.1, 0.15) is 11.3 Å². The van der Waals surface area contributed by atoms with Crippen LogP contribution in [0.25, 0.3) is 0 Å². The molecule has 0 saturated carbocycles.